The van der Waals surface area contributed by atoms with Crippen molar-refractivity contribution < 1.29 is 9.59 Å². The molecular weight excluding hydrogens is 398 g/mol. The summed E-state index contributed by atoms with van der Waals surface area (Å²) >= 11 is 5.92. The molecule has 154 valence electrons. The van der Waals surface area contributed by atoms with Crippen LogP contribution in [0.25, 0.3) is 0 Å². The van der Waals surface area contributed by atoms with Crippen LogP contribution in [-0.2, 0) is 11.3 Å². The van der Waals surface area contributed by atoms with Crippen LogP contribution < -0.4 is 0 Å². The maximum atomic E-state index is 13.2. The quantitative estimate of drug-likeness (QED) is 0.654. The highest BCUT2D eigenvalue weighted by atomic mass is 35.5. The van der Waals surface area contributed by atoms with Gasteiger partial charge in [0.25, 0.3) is 5.91 Å². The third-order valence-electron chi connectivity index (χ3n) is 5.27. The lowest BCUT2D eigenvalue weighted by atomic mass is 9.95. The number of carbonyl (C=O) groups excluding carboxylic acids is 2. The molecule has 1 heterocycles. The largest absolute Gasteiger partial charge is 0.338 e. The first-order valence-corrected chi connectivity index (χ1v) is 10.3. The van der Waals surface area contributed by atoms with Gasteiger partial charge in [0.05, 0.1) is 17.6 Å². The van der Waals surface area contributed by atoms with Gasteiger partial charge in [-0.25, -0.2) is 0 Å². The second kappa shape index (κ2) is 10.1. The Kier molecular flexibility index (Phi) is 7.26. The average Bonchev–Trinajstić information content (AvgIpc) is 2.79. The molecule has 1 unspecified atom stereocenters. The number of halogens is 1. The maximum Gasteiger partial charge on any atom is 0.253 e. The minimum atomic E-state index is -0.242. The number of piperidine rings is 1. The molecule has 0 saturated carbocycles. The van der Waals surface area contributed by atoms with E-state index in [1.807, 2.05) is 12.1 Å². The molecular formula is C24H24ClN3O2. The van der Waals surface area contributed by atoms with Crippen LogP contribution in [0, 0.1) is 17.2 Å². The summed E-state index contributed by atoms with van der Waals surface area (Å²) in [5.41, 5.74) is 2.12. The summed E-state index contributed by atoms with van der Waals surface area (Å²) in [6, 6.07) is 16.1. The van der Waals surface area contributed by atoms with Gasteiger partial charge in [0.2, 0.25) is 5.91 Å². The van der Waals surface area contributed by atoms with E-state index >= 15 is 0 Å². The maximum absolute atomic E-state index is 13.2. The highest BCUT2D eigenvalue weighted by molar-refractivity contribution is 6.30. The highest BCUT2D eigenvalue weighted by Gasteiger charge is 2.31. The SMILES string of the molecule is C=CCN(Cc1ccc(C#N)cc1)C(=O)C1CCCN(C(=O)c2ccc(Cl)cc2)C1. The lowest BCUT2D eigenvalue weighted by molar-refractivity contribution is -0.137. The first-order valence-electron chi connectivity index (χ1n) is 9.95. The number of hydrogen-bond donors (Lipinski definition) is 0. The fourth-order valence-electron chi connectivity index (χ4n) is 3.69. The minimum Gasteiger partial charge on any atom is -0.338 e. The molecule has 3 rings (SSSR count). The number of amides is 2. The van der Waals surface area contributed by atoms with Crippen molar-refractivity contribution in [2.24, 2.45) is 5.92 Å². The zero-order chi connectivity index (χ0) is 21.5. The molecule has 2 aromatic rings. The van der Waals surface area contributed by atoms with Crippen molar-refractivity contribution in [2.75, 3.05) is 19.6 Å². The number of likely N-dealkylation sites (tertiary alicyclic amines) is 1. The van der Waals surface area contributed by atoms with Crippen molar-refractivity contribution in [3.63, 3.8) is 0 Å². The van der Waals surface area contributed by atoms with Gasteiger partial charge in [-0.15, -0.1) is 6.58 Å². The minimum absolute atomic E-state index is 0.0212. The van der Waals surface area contributed by atoms with E-state index in [4.69, 9.17) is 16.9 Å². The van der Waals surface area contributed by atoms with Gasteiger partial charge in [0.1, 0.15) is 0 Å². The van der Waals surface area contributed by atoms with Crippen molar-refractivity contribution in [1.82, 2.24) is 9.80 Å². The van der Waals surface area contributed by atoms with E-state index in [1.54, 1.807) is 52.3 Å². The summed E-state index contributed by atoms with van der Waals surface area (Å²) in [7, 11) is 0. The Morgan fingerprint density at radius 1 is 1.20 bits per heavy atom. The molecule has 5 nitrogen and oxygen atoms in total. The Hall–Kier alpha value is -3.10. The molecule has 6 heteroatoms. The van der Waals surface area contributed by atoms with Crippen LogP contribution in [0.4, 0.5) is 0 Å². The van der Waals surface area contributed by atoms with Gasteiger partial charge in [-0.1, -0.05) is 29.8 Å². The lowest BCUT2D eigenvalue weighted by Crippen LogP contribution is -2.46. The number of benzene rings is 2. The Balaban J connectivity index is 1.69. The molecule has 0 spiro atoms. The number of nitriles is 1. The van der Waals surface area contributed by atoms with E-state index in [2.05, 4.69) is 12.6 Å². The second-order valence-corrected chi connectivity index (χ2v) is 7.85. The van der Waals surface area contributed by atoms with Crippen molar-refractivity contribution >= 4 is 23.4 Å². The smallest absolute Gasteiger partial charge is 0.253 e. The van der Waals surface area contributed by atoms with Crippen molar-refractivity contribution in [1.29, 1.82) is 5.26 Å². The molecule has 1 saturated heterocycles. The Bertz CT molecular complexity index is 948. The van der Waals surface area contributed by atoms with Gasteiger partial charge < -0.3 is 9.80 Å². The van der Waals surface area contributed by atoms with Gasteiger partial charge in [0.15, 0.2) is 0 Å². The number of hydrogen-bond acceptors (Lipinski definition) is 3. The predicted octanol–water partition coefficient (Wildman–Crippen LogP) is 4.28. The molecule has 1 aliphatic rings. The lowest BCUT2D eigenvalue weighted by Gasteiger charge is -2.35. The summed E-state index contributed by atoms with van der Waals surface area (Å²) in [6.07, 6.45) is 3.25. The molecule has 1 aliphatic heterocycles. The molecule has 0 N–H and O–H groups in total. The molecule has 1 atom stereocenters. The Morgan fingerprint density at radius 2 is 1.90 bits per heavy atom. The van der Waals surface area contributed by atoms with Crippen LogP contribution in [0.5, 0.6) is 0 Å². The van der Waals surface area contributed by atoms with Crippen molar-refractivity contribution in [3.8, 4) is 6.07 Å². The van der Waals surface area contributed by atoms with Crippen LogP contribution in [0.3, 0.4) is 0 Å². The van der Waals surface area contributed by atoms with Gasteiger partial charge in [0, 0.05) is 36.8 Å². The monoisotopic (exact) mass is 421 g/mol. The summed E-state index contributed by atoms with van der Waals surface area (Å²) in [4.78, 5) is 29.6. The van der Waals surface area contributed by atoms with Crippen LogP contribution in [0.15, 0.2) is 61.2 Å². The standard InChI is InChI=1S/C24H24ClN3O2/c1-2-13-27(16-19-7-5-18(15-26)6-8-19)24(30)21-4-3-14-28(17-21)23(29)20-9-11-22(25)12-10-20/h2,5-12,21H,1,3-4,13-14,16-17H2. The molecule has 0 bridgehead atoms. The van der Waals surface area contributed by atoms with E-state index in [0.29, 0.717) is 42.3 Å². The third kappa shape index (κ3) is 5.28. The molecule has 2 amide bonds. The van der Waals surface area contributed by atoms with Crippen LogP contribution in [-0.4, -0.2) is 41.2 Å². The van der Waals surface area contributed by atoms with E-state index in [9.17, 15) is 9.59 Å². The predicted molar refractivity (Wildman–Crippen MR) is 117 cm³/mol. The van der Waals surface area contributed by atoms with Gasteiger partial charge in [-0.2, -0.15) is 5.26 Å². The van der Waals surface area contributed by atoms with E-state index < -0.39 is 0 Å². The summed E-state index contributed by atoms with van der Waals surface area (Å²) in [6.45, 7) is 5.69. The fourth-order valence-corrected chi connectivity index (χ4v) is 3.82. The van der Waals surface area contributed by atoms with Gasteiger partial charge >= 0.3 is 0 Å². The molecule has 2 aromatic carbocycles. The number of nitrogens with zero attached hydrogens (tertiary/aromatic N) is 3. The van der Waals surface area contributed by atoms with Crippen LogP contribution in [0.2, 0.25) is 5.02 Å². The van der Waals surface area contributed by atoms with Crippen LogP contribution in [0.1, 0.15) is 34.3 Å². The molecule has 0 aromatic heterocycles. The number of rotatable bonds is 6. The van der Waals surface area contributed by atoms with Crippen LogP contribution >= 0.6 is 11.6 Å². The summed E-state index contributed by atoms with van der Waals surface area (Å²) in [5.74, 6) is -0.298. The topological polar surface area (TPSA) is 64.4 Å². The first-order chi connectivity index (χ1) is 14.5. The van der Waals surface area contributed by atoms with Gasteiger partial charge in [-0.05, 0) is 54.8 Å². The molecule has 30 heavy (non-hydrogen) atoms. The van der Waals surface area contributed by atoms with Crippen molar-refractivity contribution in [2.45, 2.75) is 19.4 Å². The molecule has 0 radical (unpaired) electrons. The molecule has 1 fully saturated rings. The summed E-state index contributed by atoms with van der Waals surface area (Å²) in [5, 5.41) is 9.54. The zero-order valence-corrected chi connectivity index (χ0v) is 17.5. The van der Waals surface area contributed by atoms with E-state index in [1.165, 1.54) is 0 Å². The summed E-state index contributed by atoms with van der Waals surface area (Å²) < 4.78 is 0. The normalized spacial score (nSPS) is 15.9. The zero-order valence-electron chi connectivity index (χ0n) is 16.8. The Labute approximate surface area is 182 Å². The molecule has 0 aliphatic carbocycles. The van der Waals surface area contributed by atoms with Crippen molar-refractivity contribution in [3.05, 3.63) is 82.9 Å². The highest BCUT2D eigenvalue weighted by Crippen LogP contribution is 2.22. The van der Waals surface area contributed by atoms with E-state index in [-0.39, 0.29) is 17.7 Å². The number of carbonyl (C=O) groups is 2. The second-order valence-electron chi connectivity index (χ2n) is 7.41. The fraction of sp³-hybridized carbons (Fsp3) is 0.292. The van der Waals surface area contributed by atoms with E-state index in [0.717, 1.165) is 18.4 Å². The van der Waals surface area contributed by atoms with Gasteiger partial charge in [-0.3, -0.25) is 9.59 Å². The Morgan fingerprint density at radius 3 is 2.53 bits per heavy atom. The first kappa shape index (κ1) is 21.6. The average molecular weight is 422 g/mol. The third-order valence-corrected chi connectivity index (χ3v) is 5.52.